The summed E-state index contributed by atoms with van der Waals surface area (Å²) in [5.41, 5.74) is 4.02. The number of nitrogens with two attached hydrogens (primary N) is 1. The average molecular weight is 255 g/mol. The fraction of sp³-hybridized carbons (Fsp3) is 0.545. The first-order chi connectivity index (χ1) is 8.18. The number of primary amides is 1. The fourth-order valence-electron chi connectivity index (χ4n) is 1.06. The van der Waals surface area contributed by atoms with Crippen LogP contribution in [0.5, 0.6) is 0 Å². The van der Waals surface area contributed by atoms with Crippen LogP contribution in [0.1, 0.15) is 26.7 Å². The molecular formula is C11H17N3O4. The molecule has 0 aliphatic carbocycles. The largest absolute Gasteiger partial charge is 0.480 e. The van der Waals surface area contributed by atoms with Crippen LogP contribution in [0, 0.1) is 12.3 Å². The van der Waals surface area contributed by atoms with Gasteiger partial charge in [0.1, 0.15) is 6.04 Å². The van der Waals surface area contributed by atoms with Crippen LogP contribution in [0.2, 0.25) is 0 Å². The number of carbonyl (C=O) groups is 3. The second-order valence-corrected chi connectivity index (χ2v) is 4.26. The zero-order valence-corrected chi connectivity index (χ0v) is 10.3. The summed E-state index contributed by atoms with van der Waals surface area (Å²) in [7, 11) is 0. The Morgan fingerprint density at radius 2 is 2.00 bits per heavy atom. The third-order valence-electron chi connectivity index (χ3n) is 2.07. The van der Waals surface area contributed by atoms with Crippen LogP contribution < -0.4 is 16.4 Å². The van der Waals surface area contributed by atoms with E-state index in [4.69, 9.17) is 17.3 Å². The number of hydrogen-bond acceptors (Lipinski definition) is 3. The van der Waals surface area contributed by atoms with Crippen molar-refractivity contribution in [3.05, 3.63) is 0 Å². The second-order valence-electron chi connectivity index (χ2n) is 4.26. The van der Waals surface area contributed by atoms with E-state index in [-0.39, 0.29) is 12.8 Å². The highest BCUT2D eigenvalue weighted by atomic mass is 16.4. The number of urea groups is 1. The number of aliphatic carboxylic acids is 1. The summed E-state index contributed by atoms with van der Waals surface area (Å²) < 4.78 is 0. The molecule has 0 aromatic heterocycles. The van der Waals surface area contributed by atoms with Crippen LogP contribution in [0.3, 0.4) is 0 Å². The summed E-state index contributed by atoms with van der Waals surface area (Å²) in [4.78, 5) is 32.9. The molecule has 0 heterocycles. The van der Waals surface area contributed by atoms with Crippen molar-refractivity contribution in [2.75, 3.05) is 0 Å². The molecule has 100 valence electrons. The molecule has 0 bridgehead atoms. The summed E-state index contributed by atoms with van der Waals surface area (Å²) in [6, 6.07) is -1.90. The van der Waals surface area contributed by atoms with Gasteiger partial charge in [0, 0.05) is 6.42 Å². The van der Waals surface area contributed by atoms with Gasteiger partial charge < -0.3 is 21.5 Å². The second kappa shape index (κ2) is 6.49. The van der Waals surface area contributed by atoms with E-state index in [1.54, 1.807) is 13.8 Å². The zero-order chi connectivity index (χ0) is 14.3. The van der Waals surface area contributed by atoms with Crippen LogP contribution >= 0.6 is 0 Å². The van der Waals surface area contributed by atoms with Crippen molar-refractivity contribution < 1.29 is 19.5 Å². The van der Waals surface area contributed by atoms with Gasteiger partial charge in [-0.2, -0.15) is 0 Å². The normalized spacial score (nSPS) is 12.1. The lowest BCUT2D eigenvalue weighted by Crippen LogP contribution is -2.52. The maximum Gasteiger partial charge on any atom is 0.326 e. The Hall–Kier alpha value is -2.23. The number of carboxylic acid groups (broad SMARTS) is 1. The molecule has 0 fully saturated rings. The Labute approximate surface area is 105 Å². The predicted molar refractivity (Wildman–Crippen MR) is 64.4 cm³/mol. The predicted octanol–water partition coefficient (Wildman–Crippen LogP) is -0.584. The Morgan fingerprint density at radius 1 is 1.44 bits per heavy atom. The molecule has 0 saturated heterocycles. The van der Waals surface area contributed by atoms with Crippen LogP contribution in [0.25, 0.3) is 0 Å². The van der Waals surface area contributed by atoms with E-state index in [1.165, 1.54) is 0 Å². The van der Waals surface area contributed by atoms with Crippen LogP contribution in [0.15, 0.2) is 0 Å². The number of carboxylic acids is 1. The van der Waals surface area contributed by atoms with Gasteiger partial charge in [-0.25, -0.2) is 9.59 Å². The van der Waals surface area contributed by atoms with Crippen molar-refractivity contribution in [3.63, 3.8) is 0 Å². The van der Waals surface area contributed by atoms with E-state index in [1.807, 2.05) is 0 Å². The number of carbonyl (C=O) groups excluding carboxylic acids is 2. The molecule has 5 N–H and O–H groups in total. The molecule has 0 aromatic rings. The van der Waals surface area contributed by atoms with Gasteiger partial charge in [0.05, 0.1) is 5.54 Å². The SMILES string of the molecule is C#CC(C)(C)NC(=O)N[C@@H](CCC(N)=O)C(=O)O. The molecule has 3 amide bonds. The maximum atomic E-state index is 11.5. The highest BCUT2D eigenvalue weighted by molar-refractivity contribution is 5.83. The van der Waals surface area contributed by atoms with Gasteiger partial charge in [0.2, 0.25) is 5.91 Å². The van der Waals surface area contributed by atoms with Crippen molar-refractivity contribution in [2.45, 2.75) is 38.3 Å². The van der Waals surface area contributed by atoms with Gasteiger partial charge in [-0.05, 0) is 20.3 Å². The minimum atomic E-state index is -1.25. The number of amides is 3. The smallest absolute Gasteiger partial charge is 0.326 e. The Balaban J connectivity index is 4.43. The molecule has 7 nitrogen and oxygen atoms in total. The van der Waals surface area contributed by atoms with Crippen LogP contribution in [0.4, 0.5) is 4.79 Å². The summed E-state index contributed by atoms with van der Waals surface area (Å²) in [6.45, 7) is 3.18. The lowest BCUT2D eigenvalue weighted by atomic mass is 10.1. The zero-order valence-electron chi connectivity index (χ0n) is 10.3. The van der Waals surface area contributed by atoms with Crippen molar-refractivity contribution in [3.8, 4) is 12.3 Å². The van der Waals surface area contributed by atoms with E-state index in [2.05, 4.69) is 16.6 Å². The first-order valence-electron chi connectivity index (χ1n) is 5.25. The van der Waals surface area contributed by atoms with E-state index >= 15 is 0 Å². The molecule has 0 aliphatic rings. The van der Waals surface area contributed by atoms with E-state index in [0.29, 0.717) is 0 Å². The average Bonchev–Trinajstić information content (AvgIpc) is 2.22. The highest BCUT2D eigenvalue weighted by Crippen LogP contribution is 2.01. The van der Waals surface area contributed by atoms with Gasteiger partial charge in [0.25, 0.3) is 0 Å². The minimum absolute atomic E-state index is 0.0748. The number of rotatable bonds is 6. The summed E-state index contributed by atoms with van der Waals surface area (Å²) in [6.07, 6.45) is 4.97. The van der Waals surface area contributed by atoms with E-state index in [9.17, 15) is 14.4 Å². The van der Waals surface area contributed by atoms with Crippen molar-refractivity contribution >= 4 is 17.9 Å². The Bertz CT molecular complexity index is 384. The molecule has 0 unspecified atom stereocenters. The molecular weight excluding hydrogens is 238 g/mol. The van der Waals surface area contributed by atoms with Crippen molar-refractivity contribution in [1.82, 2.24) is 10.6 Å². The minimum Gasteiger partial charge on any atom is -0.480 e. The highest BCUT2D eigenvalue weighted by Gasteiger charge is 2.23. The Morgan fingerprint density at radius 3 is 2.39 bits per heavy atom. The molecule has 0 rings (SSSR count). The molecule has 0 radical (unpaired) electrons. The van der Waals surface area contributed by atoms with Gasteiger partial charge in [-0.3, -0.25) is 4.79 Å². The van der Waals surface area contributed by atoms with Gasteiger partial charge in [-0.15, -0.1) is 6.42 Å². The van der Waals surface area contributed by atoms with E-state index < -0.39 is 29.5 Å². The topological polar surface area (TPSA) is 122 Å². The molecule has 0 spiro atoms. The number of nitrogens with one attached hydrogen (secondary N) is 2. The molecule has 0 aliphatic heterocycles. The molecule has 0 saturated carbocycles. The fourth-order valence-corrected chi connectivity index (χ4v) is 1.06. The monoisotopic (exact) mass is 255 g/mol. The first kappa shape index (κ1) is 15.8. The molecule has 1 atom stereocenters. The first-order valence-corrected chi connectivity index (χ1v) is 5.25. The summed E-state index contributed by atoms with van der Waals surface area (Å²) in [5.74, 6) is 0.454. The maximum absolute atomic E-state index is 11.5. The lowest BCUT2D eigenvalue weighted by molar-refractivity contribution is -0.139. The third-order valence-corrected chi connectivity index (χ3v) is 2.07. The molecule has 0 aromatic carbocycles. The van der Waals surface area contributed by atoms with Crippen LogP contribution in [-0.4, -0.2) is 34.6 Å². The van der Waals surface area contributed by atoms with Gasteiger partial charge in [0.15, 0.2) is 0 Å². The third kappa shape index (κ3) is 6.37. The number of terminal acetylenes is 1. The van der Waals surface area contributed by atoms with E-state index in [0.717, 1.165) is 0 Å². The summed E-state index contributed by atoms with van der Waals surface area (Å²) >= 11 is 0. The molecule has 7 heteroatoms. The summed E-state index contributed by atoms with van der Waals surface area (Å²) in [5, 5.41) is 13.5. The van der Waals surface area contributed by atoms with Gasteiger partial charge >= 0.3 is 12.0 Å². The Kier molecular flexibility index (Phi) is 5.69. The lowest BCUT2D eigenvalue weighted by Gasteiger charge is -2.22. The standard InChI is InChI=1S/C11H17N3O4/c1-4-11(2,3)14-10(18)13-7(9(16)17)5-6-8(12)15/h1,7H,5-6H2,2-3H3,(H2,12,15)(H,16,17)(H2,13,14,18)/t7-/m0/s1. The van der Waals surface area contributed by atoms with Crippen LogP contribution in [-0.2, 0) is 9.59 Å². The number of hydrogen-bond donors (Lipinski definition) is 4. The van der Waals surface area contributed by atoms with Crippen molar-refractivity contribution in [2.24, 2.45) is 5.73 Å². The quantitative estimate of drug-likeness (QED) is 0.474. The molecule has 18 heavy (non-hydrogen) atoms. The van der Waals surface area contributed by atoms with Crippen molar-refractivity contribution in [1.29, 1.82) is 0 Å². The van der Waals surface area contributed by atoms with Gasteiger partial charge in [-0.1, -0.05) is 5.92 Å².